The van der Waals surface area contributed by atoms with Crippen LogP contribution in [0.3, 0.4) is 0 Å². The maximum atomic E-state index is 11.7. The molecule has 0 spiro atoms. The molecule has 74 valence electrons. The molecule has 14 heavy (non-hydrogen) atoms. The van der Waals surface area contributed by atoms with Gasteiger partial charge in [0.15, 0.2) is 0 Å². The van der Waals surface area contributed by atoms with Gasteiger partial charge in [-0.15, -0.1) is 0 Å². The fraction of sp³-hybridized carbons (Fsp3) is 0.417. The van der Waals surface area contributed by atoms with Gasteiger partial charge in [-0.25, -0.2) is 0 Å². The van der Waals surface area contributed by atoms with Crippen molar-refractivity contribution in [3.8, 4) is 0 Å². The van der Waals surface area contributed by atoms with E-state index < -0.39 is 0 Å². The zero-order valence-electron chi connectivity index (χ0n) is 8.44. The zero-order valence-corrected chi connectivity index (χ0v) is 8.44. The maximum Gasteiger partial charge on any atom is 0.226 e. The minimum absolute atomic E-state index is 0.235. The Bertz CT molecular complexity index is 316. The third kappa shape index (κ3) is 2.13. The second kappa shape index (κ2) is 3.82. The molecule has 2 nitrogen and oxygen atoms in total. The van der Waals surface area contributed by atoms with Crippen molar-refractivity contribution in [2.75, 3.05) is 11.9 Å². The lowest BCUT2D eigenvalue weighted by molar-refractivity contribution is -0.118. The Morgan fingerprint density at radius 1 is 1.36 bits per heavy atom. The minimum Gasteiger partial charge on any atom is -0.315 e. The van der Waals surface area contributed by atoms with Crippen LogP contribution in [0.1, 0.15) is 19.3 Å². The first-order chi connectivity index (χ1) is 6.77. The zero-order chi connectivity index (χ0) is 9.97. The number of amides is 1. The number of rotatable bonds is 3. The predicted octanol–water partition coefficient (Wildman–Crippen LogP) is 2.45. The van der Waals surface area contributed by atoms with E-state index in [1.807, 2.05) is 37.4 Å². The smallest absolute Gasteiger partial charge is 0.226 e. The van der Waals surface area contributed by atoms with Gasteiger partial charge in [-0.1, -0.05) is 18.2 Å². The maximum absolute atomic E-state index is 11.7. The van der Waals surface area contributed by atoms with Crippen molar-refractivity contribution in [2.24, 2.45) is 5.92 Å². The molecular formula is C12H15NO. The molecule has 1 aliphatic carbocycles. The van der Waals surface area contributed by atoms with E-state index in [-0.39, 0.29) is 5.91 Å². The van der Waals surface area contributed by atoms with Gasteiger partial charge in [0.1, 0.15) is 0 Å². The van der Waals surface area contributed by atoms with E-state index in [1.54, 1.807) is 4.90 Å². The quantitative estimate of drug-likeness (QED) is 0.715. The molecule has 0 aromatic heterocycles. The van der Waals surface area contributed by atoms with Gasteiger partial charge in [0.2, 0.25) is 5.91 Å². The van der Waals surface area contributed by atoms with Crippen molar-refractivity contribution in [1.82, 2.24) is 0 Å². The van der Waals surface area contributed by atoms with E-state index in [1.165, 1.54) is 12.8 Å². The van der Waals surface area contributed by atoms with Crippen molar-refractivity contribution in [2.45, 2.75) is 19.3 Å². The lowest BCUT2D eigenvalue weighted by atomic mass is 10.2. The van der Waals surface area contributed by atoms with Gasteiger partial charge >= 0.3 is 0 Å². The second-order valence-corrected chi connectivity index (χ2v) is 3.94. The van der Waals surface area contributed by atoms with Crippen LogP contribution in [-0.4, -0.2) is 13.0 Å². The molecule has 0 heterocycles. The van der Waals surface area contributed by atoms with Crippen LogP contribution in [0, 0.1) is 5.92 Å². The SMILES string of the molecule is CN(C(=O)CC1CC1)c1ccccc1. The molecule has 1 saturated carbocycles. The average molecular weight is 189 g/mol. The van der Waals surface area contributed by atoms with Crippen molar-refractivity contribution in [1.29, 1.82) is 0 Å². The summed E-state index contributed by atoms with van der Waals surface area (Å²) in [4.78, 5) is 13.5. The summed E-state index contributed by atoms with van der Waals surface area (Å²) in [6.45, 7) is 0. The highest BCUT2D eigenvalue weighted by molar-refractivity contribution is 5.93. The van der Waals surface area contributed by atoms with Crippen LogP contribution >= 0.6 is 0 Å². The van der Waals surface area contributed by atoms with E-state index in [2.05, 4.69) is 0 Å². The van der Waals surface area contributed by atoms with Crippen LogP contribution < -0.4 is 4.90 Å². The first-order valence-electron chi connectivity index (χ1n) is 5.09. The molecule has 0 atom stereocenters. The first kappa shape index (κ1) is 9.25. The monoisotopic (exact) mass is 189 g/mol. The van der Waals surface area contributed by atoms with E-state index >= 15 is 0 Å². The fourth-order valence-electron chi connectivity index (χ4n) is 1.50. The molecule has 1 aromatic rings. The third-order valence-corrected chi connectivity index (χ3v) is 2.68. The Morgan fingerprint density at radius 3 is 2.57 bits per heavy atom. The molecule has 1 fully saturated rings. The number of benzene rings is 1. The number of carbonyl (C=O) groups excluding carboxylic acids is 1. The summed E-state index contributed by atoms with van der Waals surface area (Å²) >= 11 is 0. The van der Waals surface area contributed by atoms with Gasteiger partial charge in [-0.05, 0) is 30.9 Å². The summed E-state index contributed by atoms with van der Waals surface area (Å²) in [5, 5.41) is 0. The Kier molecular flexibility index (Phi) is 2.53. The molecule has 2 rings (SSSR count). The minimum atomic E-state index is 0.235. The summed E-state index contributed by atoms with van der Waals surface area (Å²) in [6, 6.07) is 9.80. The Hall–Kier alpha value is -1.31. The highest BCUT2D eigenvalue weighted by Gasteiger charge is 2.26. The van der Waals surface area contributed by atoms with E-state index in [0.29, 0.717) is 12.3 Å². The van der Waals surface area contributed by atoms with Crippen LogP contribution in [0.4, 0.5) is 5.69 Å². The van der Waals surface area contributed by atoms with Gasteiger partial charge in [0.25, 0.3) is 0 Å². The summed E-state index contributed by atoms with van der Waals surface area (Å²) in [5.41, 5.74) is 0.984. The predicted molar refractivity (Wildman–Crippen MR) is 57.2 cm³/mol. The second-order valence-electron chi connectivity index (χ2n) is 3.94. The Balaban J connectivity index is 1.99. The molecule has 0 unspecified atom stereocenters. The Morgan fingerprint density at radius 2 is 2.00 bits per heavy atom. The first-order valence-corrected chi connectivity index (χ1v) is 5.09. The lowest BCUT2D eigenvalue weighted by Gasteiger charge is -2.16. The van der Waals surface area contributed by atoms with Crippen LogP contribution in [0.15, 0.2) is 30.3 Å². The lowest BCUT2D eigenvalue weighted by Crippen LogP contribution is -2.26. The van der Waals surface area contributed by atoms with E-state index in [0.717, 1.165) is 5.69 Å². The van der Waals surface area contributed by atoms with Crippen LogP contribution in [0.2, 0.25) is 0 Å². The van der Waals surface area contributed by atoms with E-state index in [9.17, 15) is 4.79 Å². The fourth-order valence-corrected chi connectivity index (χ4v) is 1.50. The number of hydrogen-bond acceptors (Lipinski definition) is 1. The van der Waals surface area contributed by atoms with Crippen LogP contribution in [0.25, 0.3) is 0 Å². The molecule has 0 radical (unpaired) electrons. The van der Waals surface area contributed by atoms with Gasteiger partial charge in [-0.2, -0.15) is 0 Å². The van der Waals surface area contributed by atoms with Crippen LogP contribution in [0.5, 0.6) is 0 Å². The largest absolute Gasteiger partial charge is 0.315 e. The topological polar surface area (TPSA) is 20.3 Å². The molecule has 1 amide bonds. The van der Waals surface area contributed by atoms with Gasteiger partial charge in [0.05, 0.1) is 0 Å². The summed E-state index contributed by atoms with van der Waals surface area (Å²) in [6.07, 6.45) is 3.17. The molecule has 0 bridgehead atoms. The van der Waals surface area contributed by atoms with Crippen molar-refractivity contribution < 1.29 is 4.79 Å². The molecule has 2 heteroatoms. The molecule has 1 aliphatic rings. The molecule has 1 aromatic carbocycles. The van der Waals surface area contributed by atoms with E-state index in [4.69, 9.17) is 0 Å². The number of hydrogen-bond donors (Lipinski definition) is 0. The summed E-state index contributed by atoms with van der Waals surface area (Å²) in [7, 11) is 1.85. The van der Waals surface area contributed by atoms with Crippen LogP contribution in [-0.2, 0) is 4.79 Å². The molecule has 0 N–H and O–H groups in total. The normalized spacial score (nSPS) is 15.2. The highest BCUT2D eigenvalue weighted by atomic mass is 16.2. The number of anilines is 1. The van der Waals surface area contributed by atoms with Crippen molar-refractivity contribution in [3.05, 3.63) is 30.3 Å². The van der Waals surface area contributed by atoms with Crippen molar-refractivity contribution in [3.63, 3.8) is 0 Å². The standard InChI is InChI=1S/C12H15NO/c1-13(11-5-3-2-4-6-11)12(14)9-10-7-8-10/h2-6,10H,7-9H2,1H3. The van der Waals surface area contributed by atoms with Gasteiger partial charge < -0.3 is 4.90 Å². The van der Waals surface area contributed by atoms with Crippen molar-refractivity contribution >= 4 is 11.6 Å². The van der Waals surface area contributed by atoms with Gasteiger partial charge in [-0.3, -0.25) is 4.79 Å². The summed E-state index contributed by atoms with van der Waals surface area (Å²) < 4.78 is 0. The highest BCUT2D eigenvalue weighted by Crippen LogP contribution is 2.33. The molecule has 0 aliphatic heterocycles. The molecular weight excluding hydrogens is 174 g/mol. The molecule has 0 saturated heterocycles. The average Bonchev–Trinajstić information content (AvgIpc) is 3.02. The Labute approximate surface area is 84.5 Å². The number of para-hydroxylation sites is 1. The van der Waals surface area contributed by atoms with Gasteiger partial charge in [0, 0.05) is 19.2 Å². The number of nitrogens with zero attached hydrogens (tertiary/aromatic N) is 1. The number of carbonyl (C=O) groups is 1. The third-order valence-electron chi connectivity index (χ3n) is 2.68. The summed E-state index contributed by atoms with van der Waals surface area (Å²) in [5.74, 6) is 0.896.